The van der Waals surface area contributed by atoms with Crippen molar-refractivity contribution in [1.29, 1.82) is 0 Å². The molecule has 4 unspecified atom stereocenters. The maximum Gasteiger partial charge on any atom is 0.322 e. The lowest BCUT2D eigenvalue weighted by Crippen LogP contribution is -2.48. The fourth-order valence-corrected chi connectivity index (χ4v) is 6.90. The number of nitrogens with zero attached hydrogens (tertiary/aromatic N) is 3. The Bertz CT molecular complexity index is 1400. The monoisotopic (exact) mass is 952 g/mol. The number of carbonyl (C=O) groups is 9. The van der Waals surface area contributed by atoms with Crippen LogP contribution in [0.2, 0.25) is 0 Å². The van der Waals surface area contributed by atoms with Crippen LogP contribution >= 0.6 is 50.5 Å². The van der Waals surface area contributed by atoms with Crippen LogP contribution in [0.15, 0.2) is 0 Å². The number of thiol groups is 4. The van der Waals surface area contributed by atoms with Crippen LogP contribution < -0.4 is 26.6 Å². The summed E-state index contributed by atoms with van der Waals surface area (Å²) in [5, 5.41) is 16.7. The second kappa shape index (κ2) is 31.5. The van der Waals surface area contributed by atoms with E-state index < -0.39 is 82.0 Å². The number of aliphatic carboxylic acids is 1. The van der Waals surface area contributed by atoms with Gasteiger partial charge in [-0.05, 0) is 36.5 Å². The number of amides is 8. The van der Waals surface area contributed by atoms with Crippen LogP contribution in [0.5, 0.6) is 0 Å². The number of hydrogen-bond donors (Lipinski definition) is 10. The molecule has 0 saturated heterocycles. The summed E-state index contributed by atoms with van der Waals surface area (Å²) in [7, 11) is 0. The molecule has 0 fully saturated rings. The molecule has 18 nitrogen and oxygen atoms in total. The number of carbonyl (C=O) groups excluding carboxylic acids is 8. The Kier molecular flexibility index (Phi) is 29.8. The summed E-state index contributed by atoms with van der Waals surface area (Å²) < 4.78 is 0. The number of carboxylic acid groups (broad SMARTS) is 1. The van der Waals surface area contributed by atoms with Gasteiger partial charge in [-0.3, -0.25) is 43.2 Å². The largest absolute Gasteiger partial charge is 0.480 e. The Morgan fingerprint density at radius 1 is 0.452 bits per heavy atom. The molecule has 0 radical (unpaired) electrons. The van der Waals surface area contributed by atoms with Crippen molar-refractivity contribution in [2.75, 3.05) is 72.0 Å². The first-order chi connectivity index (χ1) is 28.9. The van der Waals surface area contributed by atoms with E-state index in [9.17, 15) is 43.2 Å². The van der Waals surface area contributed by atoms with Crippen molar-refractivity contribution < 1.29 is 48.3 Å². The van der Waals surface area contributed by atoms with Gasteiger partial charge < -0.3 is 46.4 Å². The van der Waals surface area contributed by atoms with Crippen molar-refractivity contribution in [3.05, 3.63) is 0 Å². The minimum atomic E-state index is -1.25. The average molecular weight is 953 g/mol. The Labute approximate surface area is 389 Å². The quantitative estimate of drug-likeness (QED) is 0.0341. The predicted octanol–water partition coefficient (Wildman–Crippen LogP) is 0.516. The van der Waals surface area contributed by atoms with Crippen LogP contribution in [0.1, 0.15) is 81.1 Å². The first kappa shape index (κ1) is 58.6. The van der Waals surface area contributed by atoms with Crippen molar-refractivity contribution in [3.8, 4) is 0 Å². The van der Waals surface area contributed by atoms with E-state index >= 15 is 0 Å². The minimum Gasteiger partial charge on any atom is -0.480 e. The number of rotatable bonds is 31. The predicted molar refractivity (Wildman–Crippen MR) is 251 cm³/mol. The molecule has 22 heteroatoms. The summed E-state index contributed by atoms with van der Waals surface area (Å²) in [5.74, 6) is -4.46. The molecule has 4 atom stereocenters. The third-order valence-corrected chi connectivity index (χ3v) is 11.2. The van der Waals surface area contributed by atoms with Gasteiger partial charge in [0.25, 0.3) is 0 Å². The smallest absolute Gasteiger partial charge is 0.322 e. The number of carboxylic acids is 1. The van der Waals surface area contributed by atoms with E-state index in [0.717, 1.165) is 0 Å². The molecule has 0 rings (SSSR count). The van der Waals surface area contributed by atoms with E-state index in [2.05, 4.69) is 77.1 Å². The van der Waals surface area contributed by atoms with Crippen LogP contribution in [0.25, 0.3) is 0 Å². The van der Waals surface area contributed by atoms with Crippen LogP contribution in [0, 0.1) is 23.7 Å². The SMILES string of the molecule is CC(C)CN(CC(C)C)C(=O)C(S)C(S)C(=O)NCCCN(CCCNC(=O)C(S)C(S)C(=O)N(CC(C)C)CC(C)C)C(=O)CCC(=O)NCC(=O)NCC(=O)NCC(=O)O. The van der Waals surface area contributed by atoms with Gasteiger partial charge in [-0.15, -0.1) is 0 Å². The Hall–Kier alpha value is -3.37. The zero-order valence-corrected chi connectivity index (χ0v) is 41.1. The van der Waals surface area contributed by atoms with E-state index in [-0.39, 0.29) is 74.5 Å². The maximum atomic E-state index is 13.4. The third kappa shape index (κ3) is 25.7. The highest BCUT2D eigenvalue weighted by Gasteiger charge is 2.33. The van der Waals surface area contributed by atoms with Crippen LogP contribution in [0.3, 0.4) is 0 Å². The van der Waals surface area contributed by atoms with Gasteiger partial charge in [-0.2, -0.15) is 50.5 Å². The van der Waals surface area contributed by atoms with Crippen molar-refractivity contribution in [3.63, 3.8) is 0 Å². The molecule has 0 bridgehead atoms. The average Bonchev–Trinajstić information content (AvgIpc) is 3.19. The van der Waals surface area contributed by atoms with Crippen molar-refractivity contribution >= 4 is 104 Å². The first-order valence-electron chi connectivity index (χ1n) is 21.0. The van der Waals surface area contributed by atoms with Crippen molar-refractivity contribution in [1.82, 2.24) is 41.3 Å². The second-order valence-electron chi connectivity index (χ2n) is 16.7. The summed E-state index contributed by atoms with van der Waals surface area (Å²) in [6.45, 7) is 17.0. The maximum absolute atomic E-state index is 13.4. The van der Waals surface area contributed by atoms with Crippen molar-refractivity contribution in [2.24, 2.45) is 23.7 Å². The summed E-state index contributed by atoms with van der Waals surface area (Å²) in [4.78, 5) is 118. The topological polar surface area (TPSA) is 244 Å². The molecule has 0 aromatic carbocycles. The van der Waals surface area contributed by atoms with E-state index in [1.807, 2.05) is 55.4 Å². The molecule has 62 heavy (non-hydrogen) atoms. The second-order valence-corrected chi connectivity index (χ2v) is 19.0. The molecule has 0 aliphatic carbocycles. The molecule has 0 aromatic heterocycles. The molecule has 6 N–H and O–H groups in total. The Morgan fingerprint density at radius 3 is 1.13 bits per heavy atom. The molecular formula is C40H72N8O10S4. The van der Waals surface area contributed by atoms with E-state index in [1.165, 1.54) is 4.90 Å². The molecule has 0 aromatic rings. The van der Waals surface area contributed by atoms with E-state index in [4.69, 9.17) is 5.11 Å². The third-order valence-electron chi connectivity index (χ3n) is 8.66. The van der Waals surface area contributed by atoms with Gasteiger partial charge in [0.15, 0.2) is 0 Å². The Balaban J connectivity index is 5.50. The molecule has 0 saturated carbocycles. The fourth-order valence-electron chi connectivity index (χ4n) is 5.86. The van der Waals surface area contributed by atoms with E-state index in [1.54, 1.807) is 9.80 Å². The summed E-state index contributed by atoms with van der Waals surface area (Å²) >= 11 is 17.7. The first-order valence-corrected chi connectivity index (χ1v) is 23.1. The number of hydrogen-bond acceptors (Lipinski definition) is 13. The summed E-state index contributed by atoms with van der Waals surface area (Å²) in [5.41, 5.74) is 0. The van der Waals surface area contributed by atoms with Crippen LogP contribution in [-0.4, -0.2) is 166 Å². The summed E-state index contributed by atoms with van der Waals surface area (Å²) in [6.07, 6.45) is 0.0722. The lowest BCUT2D eigenvalue weighted by molar-refractivity contribution is -0.138. The fraction of sp³-hybridized carbons (Fsp3) is 0.775. The van der Waals surface area contributed by atoms with Gasteiger partial charge in [0, 0.05) is 65.2 Å². The van der Waals surface area contributed by atoms with Gasteiger partial charge in [-0.1, -0.05) is 55.4 Å². The molecule has 0 heterocycles. The highest BCUT2D eigenvalue weighted by molar-refractivity contribution is 7.86. The molecular weight excluding hydrogens is 881 g/mol. The van der Waals surface area contributed by atoms with E-state index in [0.29, 0.717) is 39.0 Å². The highest BCUT2D eigenvalue weighted by atomic mass is 32.1. The molecule has 8 amide bonds. The molecule has 0 aliphatic heterocycles. The molecule has 0 spiro atoms. The Morgan fingerprint density at radius 2 is 0.790 bits per heavy atom. The van der Waals surface area contributed by atoms with Gasteiger partial charge in [0.2, 0.25) is 47.3 Å². The zero-order chi connectivity index (χ0) is 47.7. The minimum absolute atomic E-state index is 0.125. The standard InChI is InChI=1S/C40H72N8O10S4/c1-24(2)20-47(21-25(3)4)39(57)35(61)33(59)37(55)41-13-9-15-46(31(52)12-11-28(49)43-17-29(50)44-18-30(51)45-19-32(53)54)16-10-14-42-38(56)34(60)36(62)40(58)48(22-26(5)6)23-27(7)8/h24-27,33-36,59-62H,9-23H2,1-8H3,(H,41,55)(H,42,56)(H,43,49)(H,44,50)(H,45,51)(H,53,54). The lowest BCUT2D eigenvalue weighted by atomic mass is 10.1. The summed E-state index contributed by atoms with van der Waals surface area (Å²) in [6, 6.07) is 0. The lowest BCUT2D eigenvalue weighted by Gasteiger charge is -2.30. The normalized spacial score (nSPS) is 13.2. The highest BCUT2D eigenvalue weighted by Crippen LogP contribution is 2.17. The van der Waals surface area contributed by atoms with Gasteiger partial charge in [0.1, 0.15) is 27.5 Å². The van der Waals surface area contributed by atoms with Gasteiger partial charge in [-0.25, -0.2) is 0 Å². The van der Waals surface area contributed by atoms with Crippen LogP contribution in [0.4, 0.5) is 0 Å². The molecule has 0 aliphatic rings. The van der Waals surface area contributed by atoms with Crippen molar-refractivity contribution in [2.45, 2.75) is 102 Å². The zero-order valence-electron chi connectivity index (χ0n) is 37.5. The number of nitrogens with one attached hydrogen (secondary N) is 5. The van der Waals surface area contributed by atoms with Gasteiger partial charge >= 0.3 is 5.97 Å². The van der Waals surface area contributed by atoms with Crippen LogP contribution in [-0.2, 0) is 43.2 Å². The molecule has 356 valence electrons. The van der Waals surface area contributed by atoms with Gasteiger partial charge in [0.05, 0.1) is 13.1 Å².